The van der Waals surface area contributed by atoms with Crippen LogP contribution in [0.3, 0.4) is 0 Å². The number of rotatable bonds is 8. The molecule has 6 nitrogen and oxygen atoms in total. The molecular weight excluding hydrogens is 474 g/mol. The van der Waals surface area contributed by atoms with Gasteiger partial charge < -0.3 is 4.90 Å². The summed E-state index contributed by atoms with van der Waals surface area (Å²) in [6, 6.07) is 12.7. The molecule has 1 aromatic heterocycles. The van der Waals surface area contributed by atoms with Gasteiger partial charge in [0.2, 0.25) is 0 Å². The summed E-state index contributed by atoms with van der Waals surface area (Å²) in [5.74, 6) is 0.731. The fourth-order valence-corrected chi connectivity index (χ4v) is 5.69. The van der Waals surface area contributed by atoms with Crippen molar-refractivity contribution in [3.05, 3.63) is 48.0 Å². The molecule has 0 aliphatic rings. The maximum absolute atomic E-state index is 13.6. The molecule has 0 atom stereocenters. The second-order valence-electron chi connectivity index (χ2n) is 7.06. The van der Waals surface area contributed by atoms with Crippen LogP contribution in [0.2, 0.25) is 0 Å². The van der Waals surface area contributed by atoms with Gasteiger partial charge in [0.15, 0.2) is 15.0 Å². The van der Waals surface area contributed by atoms with E-state index in [2.05, 4.69) is 11.9 Å². The number of aromatic nitrogens is 1. The lowest BCUT2D eigenvalue weighted by Gasteiger charge is -2.23. The summed E-state index contributed by atoms with van der Waals surface area (Å²) in [7, 11) is 0.471. The minimum absolute atomic E-state index is 0. The van der Waals surface area contributed by atoms with E-state index in [0.717, 1.165) is 15.3 Å². The Balaban J connectivity index is 0.00000341. The first-order chi connectivity index (χ1) is 14.2. The van der Waals surface area contributed by atoms with Crippen LogP contribution >= 0.6 is 35.5 Å². The Bertz CT molecular complexity index is 1160. The van der Waals surface area contributed by atoms with Crippen molar-refractivity contribution < 1.29 is 13.2 Å². The van der Waals surface area contributed by atoms with Crippen LogP contribution in [-0.2, 0) is 9.84 Å². The fourth-order valence-electron chi connectivity index (χ4n) is 2.98. The number of benzene rings is 2. The number of anilines is 1. The molecule has 0 saturated heterocycles. The molecule has 0 fully saturated rings. The quantitative estimate of drug-likeness (QED) is 0.427. The third kappa shape index (κ3) is 5.98. The second-order valence-corrected chi connectivity index (χ2v) is 11.4. The van der Waals surface area contributed by atoms with Crippen molar-refractivity contribution in [2.24, 2.45) is 0 Å². The molecule has 3 rings (SSSR count). The Morgan fingerprint density at radius 3 is 2.45 bits per heavy atom. The first-order valence-corrected chi connectivity index (χ1v) is 13.2. The highest BCUT2D eigenvalue weighted by Crippen LogP contribution is 2.34. The second kappa shape index (κ2) is 10.8. The predicted molar refractivity (Wildman–Crippen MR) is 133 cm³/mol. The number of para-hydroxylation sites is 1. The van der Waals surface area contributed by atoms with Gasteiger partial charge in [-0.25, -0.2) is 13.4 Å². The predicted octanol–water partition coefficient (Wildman–Crippen LogP) is 4.44. The third-order valence-corrected chi connectivity index (χ3v) is 7.56. The minimum Gasteiger partial charge on any atom is -0.308 e. The average Bonchev–Trinajstić information content (AvgIpc) is 3.11. The van der Waals surface area contributed by atoms with Crippen molar-refractivity contribution in [1.82, 2.24) is 9.88 Å². The van der Waals surface area contributed by atoms with Gasteiger partial charge in [0.25, 0.3) is 5.91 Å². The fraction of sp³-hybridized carbons (Fsp3) is 0.333. The lowest BCUT2D eigenvalue weighted by atomic mass is 10.2. The first-order valence-electron chi connectivity index (χ1n) is 9.50. The van der Waals surface area contributed by atoms with E-state index in [4.69, 9.17) is 0 Å². The van der Waals surface area contributed by atoms with E-state index in [1.165, 1.54) is 17.6 Å². The molecule has 0 radical (unpaired) electrons. The monoisotopic (exact) mass is 499 g/mol. The molecule has 31 heavy (non-hydrogen) atoms. The van der Waals surface area contributed by atoms with Crippen LogP contribution in [0.25, 0.3) is 10.2 Å². The van der Waals surface area contributed by atoms with Crippen LogP contribution in [0, 0.1) is 0 Å². The molecule has 10 heteroatoms. The van der Waals surface area contributed by atoms with Crippen LogP contribution in [0.4, 0.5) is 5.13 Å². The maximum atomic E-state index is 13.6. The Morgan fingerprint density at radius 2 is 1.81 bits per heavy atom. The number of nitrogens with zero attached hydrogens (tertiary/aromatic N) is 3. The van der Waals surface area contributed by atoms with Crippen molar-refractivity contribution >= 4 is 66.6 Å². The topological polar surface area (TPSA) is 70.6 Å². The number of hydrogen-bond donors (Lipinski definition) is 0. The van der Waals surface area contributed by atoms with E-state index in [9.17, 15) is 13.2 Å². The van der Waals surface area contributed by atoms with Crippen LogP contribution < -0.4 is 4.90 Å². The summed E-state index contributed by atoms with van der Waals surface area (Å²) < 4.78 is 25.1. The van der Waals surface area contributed by atoms with E-state index < -0.39 is 9.84 Å². The van der Waals surface area contributed by atoms with E-state index in [0.29, 0.717) is 29.3 Å². The third-order valence-electron chi connectivity index (χ3n) is 4.43. The summed E-state index contributed by atoms with van der Waals surface area (Å²) in [5, 5.41) is 0.504. The summed E-state index contributed by atoms with van der Waals surface area (Å²) in [5.41, 5.74) is 1.05. The van der Waals surface area contributed by atoms with Crippen LogP contribution in [-0.4, -0.2) is 63.4 Å². The molecule has 0 unspecified atom stereocenters. The number of halogens is 1. The standard InChI is InChI=1S/C21H25N3O3S3.ClH/c1-5-28-16-10-7-6-9-15(16)20(25)24(14-13-23(2)3)21-22-19-17(29-21)11-8-12-18(19)30(4,26)27;/h6-12H,5,13-14H2,1-4H3;1H. The summed E-state index contributed by atoms with van der Waals surface area (Å²) in [6.07, 6.45) is 1.17. The number of sulfone groups is 1. The zero-order valence-corrected chi connectivity index (χ0v) is 21.1. The molecule has 0 bridgehead atoms. The molecule has 0 aliphatic carbocycles. The highest BCUT2D eigenvalue weighted by Gasteiger charge is 2.25. The lowest BCUT2D eigenvalue weighted by molar-refractivity contribution is 0.0982. The number of hydrogen-bond acceptors (Lipinski definition) is 7. The van der Waals surface area contributed by atoms with Gasteiger partial charge in [-0.1, -0.05) is 36.5 Å². The number of carbonyl (C=O) groups is 1. The summed E-state index contributed by atoms with van der Waals surface area (Å²) in [6.45, 7) is 3.16. The Morgan fingerprint density at radius 1 is 1.10 bits per heavy atom. The number of thiazole rings is 1. The largest absolute Gasteiger partial charge is 0.308 e. The molecule has 1 heterocycles. The van der Waals surface area contributed by atoms with E-state index in [-0.39, 0.29) is 23.2 Å². The minimum atomic E-state index is -3.42. The van der Waals surface area contributed by atoms with Gasteiger partial charge in [-0.2, -0.15) is 0 Å². The first kappa shape index (κ1) is 25.6. The van der Waals surface area contributed by atoms with E-state index in [1.54, 1.807) is 28.8 Å². The van der Waals surface area contributed by atoms with Crippen molar-refractivity contribution in [1.29, 1.82) is 0 Å². The Labute approximate surface area is 198 Å². The smallest absolute Gasteiger partial charge is 0.261 e. The highest BCUT2D eigenvalue weighted by atomic mass is 35.5. The van der Waals surface area contributed by atoms with E-state index >= 15 is 0 Å². The van der Waals surface area contributed by atoms with Gasteiger partial charge in [0, 0.05) is 24.2 Å². The van der Waals surface area contributed by atoms with Gasteiger partial charge in [-0.3, -0.25) is 9.69 Å². The average molecular weight is 500 g/mol. The van der Waals surface area contributed by atoms with Crippen molar-refractivity contribution in [2.75, 3.05) is 44.1 Å². The lowest BCUT2D eigenvalue weighted by Crippen LogP contribution is -2.37. The van der Waals surface area contributed by atoms with Gasteiger partial charge in [0.1, 0.15) is 5.52 Å². The molecule has 168 valence electrons. The normalized spacial score (nSPS) is 11.5. The molecule has 1 amide bonds. The SMILES string of the molecule is CCSc1ccccc1C(=O)N(CCN(C)C)c1nc2c(S(C)(=O)=O)cccc2s1.Cl. The van der Waals surface area contributed by atoms with Crippen molar-refractivity contribution in [3.63, 3.8) is 0 Å². The highest BCUT2D eigenvalue weighted by molar-refractivity contribution is 7.99. The Kier molecular flexibility index (Phi) is 8.91. The van der Waals surface area contributed by atoms with Gasteiger partial charge in [-0.15, -0.1) is 24.2 Å². The molecule has 0 saturated carbocycles. The number of likely N-dealkylation sites (N-methyl/N-ethyl adjacent to an activating group) is 1. The van der Waals surface area contributed by atoms with E-state index in [1.807, 2.05) is 49.3 Å². The van der Waals surface area contributed by atoms with Crippen LogP contribution in [0.15, 0.2) is 52.3 Å². The zero-order chi connectivity index (χ0) is 21.9. The summed E-state index contributed by atoms with van der Waals surface area (Å²) in [4.78, 5) is 22.9. The van der Waals surface area contributed by atoms with Gasteiger partial charge in [0.05, 0.1) is 15.2 Å². The van der Waals surface area contributed by atoms with Gasteiger partial charge in [-0.05, 0) is 44.1 Å². The van der Waals surface area contributed by atoms with Crippen LogP contribution in [0.5, 0.6) is 0 Å². The number of fused-ring (bicyclic) bond motifs is 1. The van der Waals surface area contributed by atoms with Crippen molar-refractivity contribution in [3.8, 4) is 0 Å². The van der Waals surface area contributed by atoms with Gasteiger partial charge >= 0.3 is 0 Å². The number of amides is 1. The molecule has 2 aromatic carbocycles. The zero-order valence-electron chi connectivity index (χ0n) is 17.9. The maximum Gasteiger partial charge on any atom is 0.261 e. The number of thioether (sulfide) groups is 1. The molecular formula is C21H26ClN3O3S3. The molecule has 0 N–H and O–H groups in total. The van der Waals surface area contributed by atoms with Crippen LogP contribution in [0.1, 0.15) is 17.3 Å². The molecule has 0 aliphatic heterocycles. The number of carbonyl (C=O) groups excluding carboxylic acids is 1. The molecule has 0 spiro atoms. The Hall–Kier alpha value is -1.65. The molecule has 3 aromatic rings. The van der Waals surface area contributed by atoms with Crippen molar-refractivity contribution in [2.45, 2.75) is 16.7 Å². The summed E-state index contributed by atoms with van der Waals surface area (Å²) >= 11 is 2.96.